The van der Waals surface area contributed by atoms with Crippen LogP contribution < -0.4 is 4.74 Å². The van der Waals surface area contributed by atoms with E-state index in [4.69, 9.17) is 27.9 Å². The van der Waals surface area contributed by atoms with E-state index in [2.05, 4.69) is 15.9 Å². The van der Waals surface area contributed by atoms with Crippen molar-refractivity contribution in [1.82, 2.24) is 0 Å². The molecule has 2 aromatic rings. The van der Waals surface area contributed by atoms with Gasteiger partial charge in [0, 0.05) is 16.1 Å². The summed E-state index contributed by atoms with van der Waals surface area (Å²) in [5.74, 6) is 0.953. The average Bonchev–Trinajstić information content (AvgIpc) is 2.36. The summed E-state index contributed by atoms with van der Waals surface area (Å²) >= 11 is 15.3. The normalized spacial score (nSPS) is 10.3. The highest BCUT2D eigenvalue weighted by atomic mass is 79.9. The number of ether oxygens (including phenoxy) is 1. The van der Waals surface area contributed by atoms with Gasteiger partial charge in [-0.05, 0) is 41.1 Å². The van der Waals surface area contributed by atoms with E-state index in [0.29, 0.717) is 31.6 Å². The quantitative estimate of drug-likeness (QED) is 0.515. The molecule has 2 rings (SSSR count). The number of ketones is 1. The molecule has 0 aliphatic rings. The average molecular weight is 360 g/mol. The zero-order chi connectivity index (χ0) is 14.0. The maximum absolute atomic E-state index is 11.3. The summed E-state index contributed by atoms with van der Waals surface area (Å²) in [5, 5.41) is 0.937. The number of hydrogen-bond donors (Lipinski definition) is 0. The standard InChI is InChI=1S/C14H9BrCl2O2/c1-8(18)9-3-2-4-10(5-9)19-14-7-12(16)11(15)6-13(14)17/h2-7H,1H3. The second-order valence-electron chi connectivity index (χ2n) is 3.88. The van der Waals surface area contributed by atoms with Crippen molar-refractivity contribution in [2.24, 2.45) is 0 Å². The molecule has 0 heterocycles. The Morgan fingerprint density at radius 1 is 1.16 bits per heavy atom. The zero-order valence-electron chi connectivity index (χ0n) is 9.91. The molecule has 0 bridgehead atoms. The van der Waals surface area contributed by atoms with Crippen LogP contribution in [-0.2, 0) is 0 Å². The lowest BCUT2D eigenvalue weighted by molar-refractivity contribution is 0.101. The maximum Gasteiger partial charge on any atom is 0.159 e. The fraction of sp³-hybridized carbons (Fsp3) is 0.0714. The second-order valence-corrected chi connectivity index (χ2v) is 5.55. The molecule has 0 aliphatic carbocycles. The Morgan fingerprint density at radius 3 is 2.58 bits per heavy atom. The molecule has 19 heavy (non-hydrogen) atoms. The minimum absolute atomic E-state index is 0.0228. The van der Waals surface area contributed by atoms with Crippen molar-refractivity contribution >= 4 is 44.9 Å². The number of carbonyl (C=O) groups excluding carboxylic acids is 1. The molecule has 0 radical (unpaired) electrons. The van der Waals surface area contributed by atoms with Gasteiger partial charge in [0.2, 0.25) is 0 Å². The fourth-order valence-corrected chi connectivity index (χ4v) is 2.32. The SMILES string of the molecule is CC(=O)c1cccc(Oc2cc(Cl)c(Br)cc2Cl)c1. The monoisotopic (exact) mass is 358 g/mol. The highest BCUT2D eigenvalue weighted by Crippen LogP contribution is 2.36. The predicted octanol–water partition coefficient (Wildman–Crippen LogP) is 5.75. The minimum atomic E-state index is -0.0228. The molecule has 98 valence electrons. The van der Waals surface area contributed by atoms with E-state index in [9.17, 15) is 4.79 Å². The molecule has 0 amide bonds. The number of carbonyl (C=O) groups is 1. The molecule has 0 atom stereocenters. The van der Waals surface area contributed by atoms with Crippen molar-refractivity contribution in [2.45, 2.75) is 6.92 Å². The summed E-state index contributed by atoms with van der Waals surface area (Å²) in [4.78, 5) is 11.3. The Balaban J connectivity index is 2.33. The molecule has 0 N–H and O–H groups in total. The molecule has 2 aromatic carbocycles. The van der Waals surface area contributed by atoms with Crippen LogP contribution >= 0.6 is 39.1 Å². The van der Waals surface area contributed by atoms with Crippen LogP contribution in [0, 0.1) is 0 Å². The highest BCUT2D eigenvalue weighted by molar-refractivity contribution is 9.10. The third kappa shape index (κ3) is 3.50. The number of Topliss-reactive ketones (excluding diaryl/α,β-unsaturated/α-hetero) is 1. The second kappa shape index (κ2) is 5.95. The van der Waals surface area contributed by atoms with E-state index in [-0.39, 0.29) is 5.78 Å². The van der Waals surface area contributed by atoms with Gasteiger partial charge in [-0.15, -0.1) is 0 Å². The smallest absolute Gasteiger partial charge is 0.159 e. The van der Waals surface area contributed by atoms with Crippen molar-refractivity contribution in [3.05, 3.63) is 56.5 Å². The van der Waals surface area contributed by atoms with Gasteiger partial charge in [0.25, 0.3) is 0 Å². The Kier molecular flexibility index (Phi) is 4.50. The predicted molar refractivity (Wildman–Crippen MR) is 80.7 cm³/mol. The van der Waals surface area contributed by atoms with E-state index >= 15 is 0 Å². The molecule has 0 spiro atoms. The van der Waals surface area contributed by atoms with Gasteiger partial charge in [0.1, 0.15) is 11.5 Å². The lowest BCUT2D eigenvalue weighted by Gasteiger charge is -2.09. The lowest BCUT2D eigenvalue weighted by Crippen LogP contribution is -1.93. The van der Waals surface area contributed by atoms with Crippen molar-refractivity contribution in [1.29, 1.82) is 0 Å². The van der Waals surface area contributed by atoms with E-state index < -0.39 is 0 Å². The van der Waals surface area contributed by atoms with Gasteiger partial charge in [-0.3, -0.25) is 4.79 Å². The Hall–Kier alpha value is -1.03. The molecule has 0 unspecified atom stereocenters. The lowest BCUT2D eigenvalue weighted by atomic mass is 10.1. The van der Waals surface area contributed by atoms with Crippen LogP contribution in [0.25, 0.3) is 0 Å². The molecule has 0 fully saturated rings. The number of hydrogen-bond acceptors (Lipinski definition) is 2. The van der Waals surface area contributed by atoms with Crippen LogP contribution in [0.4, 0.5) is 0 Å². The Morgan fingerprint density at radius 2 is 1.89 bits per heavy atom. The van der Waals surface area contributed by atoms with Gasteiger partial charge in [-0.25, -0.2) is 0 Å². The molecule has 2 nitrogen and oxygen atoms in total. The third-order valence-electron chi connectivity index (χ3n) is 2.44. The molecule has 0 aromatic heterocycles. The van der Waals surface area contributed by atoms with Crippen molar-refractivity contribution < 1.29 is 9.53 Å². The van der Waals surface area contributed by atoms with Crippen LogP contribution in [0.3, 0.4) is 0 Å². The van der Waals surface area contributed by atoms with Gasteiger partial charge in [0.05, 0.1) is 10.0 Å². The highest BCUT2D eigenvalue weighted by Gasteiger charge is 2.09. The summed E-state index contributed by atoms with van der Waals surface area (Å²) in [6.45, 7) is 1.50. The Bertz CT molecular complexity index is 641. The molecular weight excluding hydrogens is 351 g/mol. The van der Waals surface area contributed by atoms with Gasteiger partial charge < -0.3 is 4.74 Å². The van der Waals surface area contributed by atoms with Crippen molar-refractivity contribution in [3.8, 4) is 11.5 Å². The van der Waals surface area contributed by atoms with Crippen LogP contribution in [-0.4, -0.2) is 5.78 Å². The third-order valence-corrected chi connectivity index (χ3v) is 3.94. The summed E-state index contributed by atoms with van der Waals surface area (Å²) < 4.78 is 6.34. The first-order valence-electron chi connectivity index (χ1n) is 5.41. The van der Waals surface area contributed by atoms with Crippen molar-refractivity contribution in [2.75, 3.05) is 0 Å². The number of halogens is 3. The van der Waals surface area contributed by atoms with E-state index in [1.165, 1.54) is 6.92 Å². The largest absolute Gasteiger partial charge is 0.456 e. The molecule has 0 saturated carbocycles. The topological polar surface area (TPSA) is 26.3 Å². The van der Waals surface area contributed by atoms with E-state index in [1.54, 1.807) is 36.4 Å². The summed E-state index contributed by atoms with van der Waals surface area (Å²) in [6.07, 6.45) is 0. The molecule has 0 aliphatic heterocycles. The Labute approximate surface area is 129 Å². The number of rotatable bonds is 3. The summed E-state index contributed by atoms with van der Waals surface area (Å²) in [5.41, 5.74) is 0.580. The van der Waals surface area contributed by atoms with Gasteiger partial charge in [0.15, 0.2) is 5.78 Å². The van der Waals surface area contributed by atoms with E-state index in [0.717, 1.165) is 0 Å². The number of benzene rings is 2. The van der Waals surface area contributed by atoms with Crippen LogP contribution in [0.15, 0.2) is 40.9 Å². The van der Waals surface area contributed by atoms with E-state index in [1.807, 2.05) is 0 Å². The van der Waals surface area contributed by atoms with Crippen LogP contribution in [0.5, 0.6) is 11.5 Å². The molecule has 0 saturated heterocycles. The molecular formula is C14H9BrCl2O2. The van der Waals surface area contributed by atoms with Crippen molar-refractivity contribution in [3.63, 3.8) is 0 Å². The fourth-order valence-electron chi connectivity index (χ4n) is 1.49. The van der Waals surface area contributed by atoms with Gasteiger partial charge in [-0.1, -0.05) is 35.3 Å². The van der Waals surface area contributed by atoms with Crippen LogP contribution in [0.1, 0.15) is 17.3 Å². The van der Waals surface area contributed by atoms with Gasteiger partial charge >= 0.3 is 0 Å². The maximum atomic E-state index is 11.3. The molecule has 5 heteroatoms. The zero-order valence-corrected chi connectivity index (χ0v) is 13.0. The summed E-state index contributed by atoms with van der Waals surface area (Å²) in [6, 6.07) is 10.2. The minimum Gasteiger partial charge on any atom is -0.456 e. The first kappa shape index (κ1) is 14.4. The first-order valence-corrected chi connectivity index (χ1v) is 6.95. The van der Waals surface area contributed by atoms with Gasteiger partial charge in [-0.2, -0.15) is 0 Å². The summed E-state index contributed by atoms with van der Waals surface area (Å²) in [7, 11) is 0. The first-order chi connectivity index (χ1) is 8.97. The van der Waals surface area contributed by atoms with Crippen LogP contribution in [0.2, 0.25) is 10.0 Å².